The molecule has 0 fully saturated rings. The van der Waals surface area contributed by atoms with Gasteiger partial charge in [-0.3, -0.25) is 4.79 Å². The molecule has 0 aliphatic rings. The first-order valence-electron chi connectivity index (χ1n) is 5.08. The Morgan fingerprint density at radius 3 is 2.59 bits per heavy atom. The van der Waals surface area contributed by atoms with Gasteiger partial charge in [0.05, 0.1) is 7.11 Å². The van der Waals surface area contributed by atoms with Crippen LogP contribution < -0.4 is 10.5 Å². The number of primary amides is 1. The van der Waals surface area contributed by atoms with E-state index in [2.05, 4.69) is 11.8 Å². The lowest BCUT2D eigenvalue weighted by Crippen LogP contribution is -2.06. The minimum Gasteiger partial charge on any atom is -0.497 e. The van der Waals surface area contributed by atoms with Crippen molar-refractivity contribution >= 4 is 16.7 Å². The highest BCUT2D eigenvalue weighted by Crippen LogP contribution is 2.21. The van der Waals surface area contributed by atoms with E-state index in [1.807, 2.05) is 36.4 Å². The summed E-state index contributed by atoms with van der Waals surface area (Å²) >= 11 is 0. The summed E-state index contributed by atoms with van der Waals surface area (Å²) in [5, 5.41) is 2.11. The van der Waals surface area contributed by atoms with Gasteiger partial charge in [0, 0.05) is 5.56 Å². The summed E-state index contributed by atoms with van der Waals surface area (Å²) in [5.74, 6) is 5.21. The molecule has 0 aromatic heterocycles. The number of carbonyl (C=O) groups is 1. The predicted molar refractivity (Wildman–Crippen MR) is 66.6 cm³/mol. The Kier molecular flexibility index (Phi) is 2.97. The van der Waals surface area contributed by atoms with E-state index in [1.54, 1.807) is 7.11 Å². The van der Waals surface area contributed by atoms with Crippen molar-refractivity contribution in [3.63, 3.8) is 0 Å². The fraction of sp³-hybridized carbons (Fsp3) is 0.0714. The average molecular weight is 225 g/mol. The Morgan fingerprint density at radius 2 is 1.88 bits per heavy atom. The van der Waals surface area contributed by atoms with Crippen molar-refractivity contribution in [2.75, 3.05) is 7.11 Å². The van der Waals surface area contributed by atoms with E-state index in [4.69, 9.17) is 10.5 Å². The van der Waals surface area contributed by atoms with Crippen LogP contribution in [0.2, 0.25) is 0 Å². The molecule has 0 heterocycles. The number of amides is 1. The van der Waals surface area contributed by atoms with Gasteiger partial charge in [0.25, 0.3) is 5.91 Å². The van der Waals surface area contributed by atoms with E-state index < -0.39 is 5.91 Å². The lowest BCUT2D eigenvalue weighted by Gasteiger charge is -2.02. The normalized spacial score (nSPS) is 9.47. The molecule has 1 amide bonds. The molecule has 0 bridgehead atoms. The molecule has 0 aliphatic heterocycles. The fourth-order valence-corrected chi connectivity index (χ4v) is 1.56. The monoisotopic (exact) mass is 225 g/mol. The molecule has 0 radical (unpaired) electrons. The molecule has 0 saturated carbocycles. The van der Waals surface area contributed by atoms with Gasteiger partial charge in [-0.1, -0.05) is 18.1 Å². The van der Waals surface area contributed by atoms with Gasteiger partial charge in [0.2, 0.25) is 0 Å². The zero-order valence-corrected chi connectivity index (χ0v) is 9.36. The Bertz CT molecular complexity index is 635. The van der Waals surface area contributed by atoms with Crippen LogP contribution in [0.25, 0.3) is 10.8 Å². The number of benzene rings is 2. The van der Waals surface area contributed by atoms with E-state index in [1.165, 1.54) is 0 Å². The second kappa shape index (κ2) is 4.58. The number of methoxy groups -OCH3 is 1. The third-order valence-electron chi connectivity index (χ3n) is 2.38. The van der Waals surface area contributed by atoms with Crippen molar-refractivity contribution in [1.29, 1.82) is 0 Å². The lowest BCUT2D eigenvalue weighted by atomic mass is 10.1. The molecule has 84 valence electrons. The smallest absolute Gasteiger partial charge is 0.293 e. The molecule has 3 nitrogen and oxygen atoms in total. The highest BCUT2D eigenvalue weighted by molar-refractivity contribution is 5.93. The van der Waals surface area contributed by atoms with Crippen LogP contribution in [0.3, 0.4) is 0 Å². The SMILES string of the molecule is COc1ccc2cc(C#CC(N)=O)ccc2c1. The minimum atomic E-state index is -0.625. The van der Waals surface area contributed by atoms with Crippen LogP contribution in [0, 0.1) is 11.8 Å². The number of ether oxygens (including phenoxy) is 1. The van der Waals surface area contributed by atoms with E-state index in [-0.39, 0.29) is 0 Å². The topological polar surface area (TPSA) is 52.3 Å². The van der Waals surface area contributed by atoms with Crippen molar-refractivity contribution in [3.05, 3.63) is 42.0 Å². The lowest BCUT2D eigenvalue weighted by molar-refractivity contribution is -0.112. The summed E-state index contributed by atoms with van der Waals surface area (Å²) in [6.45, 7) is 0. The third-order valence-corrected chi connectivity index (χ3v) is 2.38. The molecule has 3 heteroatoms. The van der Waals surface area contributed by atoms with E-state index in [9.17, 15) is 4.79 Å². The van der Waals surface area contributed by atoms with Gasteiger partial charge in [0.1, 0.15) is 5.75 Å². The van der Waals surface area contributed by atoms with Crippen LogP contribution in [0.1, 0.15) is 5.56 Å². The molecule has 2 rings (SSSR count). The van der Waals surface area contributed by atoms with Gasteiger partial charge in [-0.05, 0) is 41.0 Å². The molecule has 2 aromatic carbocycles. The summed E-state index contributed by atoms with van der Waals surface area (Å²) < 4.78 is 5.14. The average Bonchev–Trinajstić information content (AvgIpc) is 2.35. The Morgan fingerprint density at radius 1 is 1.18 bits per heavy atom. The maximum atomic E-state index is 10.6. The summed E-state index contributed by atoms with van der Waals surface area (Å²) in [4.78, 5) is 10.6. The molecule has 0 unspecified atom stereocenters. The number of rotatable bonds is 1. The first-order valence-corrected chi connectivity index (χ1v) is 5.08. The van der Waals surface area contributed by atoms with Crippen molar-refractivity contribution in [2.45, 2.75) is 0 Å². The standard InChI is InChI=1S/C14H11NO2/c1-17-13-6-5-11-8-10(3-7-14(15)16)2-4-12(11)9-13/h2,4-6,8-9H,1H3,(H2,15,16). The number of fused-ring (bicyclic) bond motifs is 1. The first kappa shape index (κ1) is 11.0. The second-order valence-electron chi connectivity index (χ2n) is 3.54. The first-order chi connectivity index (χ1) is 8.19. The van der Waals surface area contributed by atoms with Crippen LogP contribution in [0.15, 0.2) is 36.4 Å². The summed E-state index contributed by atoms with van der Waals surface area (Å²) in [6.07, 6.45) is 0. The highest BCUT2D eigenvalue weighted by atomic mass is 16.5. The van der Waals surface area contributed by atoms with Crippen LogP contribution in [0.4, 0.5) is 0 Å². The Hall–Kier alpha value is -2.47. The molecule has 0 saturated heterocycles. The molecule has 0 atom stereocenters. The zero-order valence-electron chi connectivity index (χ0n) is 9.36. The highest BCUT2D eigenvalue weighted by Gasteiger charge is 1.97. The summed E-state index contributed by atoms with van der Waals surface area (Å²) in [5.41, 5.74) is 5.73. The van der Waals surface area contributed by atoms with Crippen LogP contribution in [-0.2, 0) is 4.79 Å². The third kappa shape index (κ3) is 2.56. The quantitative estimate of drug-likeness (QED) is 0.751. The van der Waals surface area contributed by atoms with Crippen LogP contribution in [0.5, 0.6) is 5.75 Å². The molecule has 17 heavy (non-hydrogen) atoms. The molecule has 0 spiro atoms. The number of hydrogen-bond acceptors (Lipinski definition) is 2. The molecular formula is C14H11NO2. The van der Waals surface area contributed by atoms with E-state index >= 15 is 0 Å². The maximum absolute atomic E-state index is 10.6. The fourth-order valence-electron chi connectivity index (χ4n) is 1.56. The zero-order chi connectivity index (χ0) is 12.3. The maximum Gasteiger partial charge on any atom is 0.293 e. The molecule has 2 N–H and O–H groups in total. The number of hydrogen-bond donors (Lipinski definition) is 1. The van der Waals surface area contributed by atoms with Crippen molar-refractivity contribution in [3.8, 4) is 17.6 Å². The van der Waals surface area contributed by atoms with Crippen LogP contribution in [-0.4, -0.2) is 13.0 Å². The molecular weight excluding hydrogens is 214 g/mol. The number of nitrogens with two attached hydrogens (primary N) is 1. The summed E-state index contributed by atoms with van der Waals surface area (Å²) in [7, 11) is 1.63. The van der Waals surface area contributed by atoms with E-state index in [0.717, 1.165) is 22.1 Å². The summed E-state index contributed by atoms with van der Waals surface area (Å²) in [6, 6.07) is 11.5. The molecule has 2 aromatic rings. The number of carbonyl (C=O) groups excluding carboxylic acids is 1. The van der Waals surface area contributed by atoms with Gasteiger partial charge >= 0.3 is 0 Å². The van der Waals surface area contributed by atoms with Crippen molar-refractivity contribution in [1.82, 2.24) is 0 Å². The van der Waals surface area contributed by atoms with Gasteiger partial charge in [-0.2, -0.15) is 0 Å². The van der Waals surface area contributed by atoms with Crippen molar-refractivity contribution in [2.24, 2.45) is 5.73 Å². The van der Waals surface area contributed by atoms with Gasteiger partial charge in [0.15, 0.2) is 0 Å². The predicted octanol–water partition coefficient (Wildman–Crippen LogP) is 1.69. The Labute approximate surface area is 99.2 Å². The van der Waals surface area contributed by atoms with Gasteiger partial charge in [-0.15, -0.1) is 0 Å². The van der Waals surface area contributed by atoms with Crippen molar-refractivity contribution < 1.29 is 9.53 Å². The molecule has 0 aliphatic carbocycles. The van der Waals surface area contributed by atoms with E-state index in [0.29, 0.717) is 0 Å². The second-order valence-corrected chi connectivity index (χ2v) is 3.54. The van der Waals surface area contributed by atoms with Crippen LogP contribution >= 0.6 is 0 Å². The minimum absolute atomic E-state index is 0.625. The van der Waals surface area contributed by atoms with Gasteiger partial charge < -0.3 is 10.5 Å². The van der Waals surface area contributed by atoms with Gasteiger partial charge in [-0.25, -0.2) is 0 Å². The Balaban J connectivity index is 2.46. The largest absolute Gasteiger partial charge is 0.497 e.